The van der Waals surface area contributed by atoms with Crippen LogP contribution in [0.5, 0.6) is 0 Å². The molecule has 0 radical (unpaired) electrons. The lowest BCUT2D eigenvalue weighted by Crippen LogP contribution is -2.45. The molecule has 0 aromatic rings. The summed E-state index contributed by atoms with van der Waals surface area (Å²) < 4.78 is 16.7. The largest absolute Gasteiger partial charge is 0.382 e. The van der Waals surface area contributed by atoms with Gasteiger partial charge in [-0.15, -0.1) is 0 Å². The minimum absolute atomic E-state index is 0.0833. The zero-order valence-corrected chi connectivity index (χ0v) is 13.4. The molecule has 0 unspecified atom stereocenters. The van der Waals surface area contributed by atoms with Crippen molar-refractivity contribution >= 4 is 0 Å². The highest BCUT2D eigenvalue weighted by Crippen LogP contribution is 2.31. The van der Waals surface area contributed by atoms with Crippen LogP contribution in [-0.4, -0.2) is 52.2 Å². The molecule has 0 aromatic carbocycles. The molecule has 1 aliphatic carbocycles. The second kappa shape index (κ2) is 11.5. The third kappa shape index (κ3) is 7.58. The zero-order chi connectivity index (χ0) is 14.5. The molecular weight excluding hydrogens is 254 g/mol. The van der Waals surface area contributed by atoms with Gasteiger partial charge in [0.05, 0.1) is 18.8 Å². The highest BCUT2D eigenvalue weighted by Gasteiger charge is 2.32. The van der Waals surface area contributed by atoms with E-state index < -0.39 is 0 Å². The normalized spacial score (nSPS) is 18.3. The molecule has 1 aliphatic rings. The Balaban J connectivity index is 2.16. The van der Waals surface area contributed by atoms with E-state index in [2.05, 4.69) is 12.2 Å². The lowest BCUT2D eigenvalue weighted by Gasteiger charge is -2.37. The molecule has 0 aromatic heterocycles. The average molecular weight is 287 g/mol. The highest BCUT2D eigenvalue weighted by atomic mass is 16.5. The smallest absolute Gasteiger partial charge is 0.0806 e. The van der Waals surface area contributed by atoms with Crippen molar-refractivity contribution in [3.05, 3.63) is 0 Å². The number of hydrogen-bond donors (Lipinski definition) is 1. The van der Waals surface area contributed by atoms with Crippen LogP contribution in [0.25, 0.3) is 0 Å². The second-order valence-electron chi connectivity index (χ2n) is 5.73. The Morgan fingerprint density at radius 3 is 2.50 bits per heavy atom. The summed E-state index contributed by atoms with van der Waals surface area (Å²) >= 11 is 0. The zero-order valence-electron chi connectivity index (χ0n) is 13.4. The maximum Gasteiger partial charge on any atom is 0.0806 e. The van der Waals surface area contributed by atoms with E-state index in [9.17, 15) is 0 Å². The average Bonchev–Trinajstić information content (AvgIpc) is 2.48. The standard InChI is InChI=1S/C16H33NO3/c1-3-10-17-15-16(8-5-4-6-9-16)20-12-7-11-19-14-13-18-2/h17H,3-15H2,1-2H3. The number of nitrogens with one attached hydrogen (secondary N) is 1. The van der Waals surface area contributed by atoms with Crippen molar-refractivity contribution in [3.8, 4) is 0 Å². The Hall–Kier alpha value is -0.160. The van der Waals surface area contributed by atoms with Crippen LogP contribution < -0.4 is 5.32 Å². The fraction of sp³-hybridized carbons (Fsp3) is 1.00. The molecule has 0 saturated heterocycles. The summed E-state index contributed by atoms with van der Waals surface area (Å²) in [5, 5.41) is 3.54. The number of rotatable bonds is 12. The molecule has 0 spiro atoms. The van der Waals surface area contributed by atoms with Crippen LogP contribution in [0.15, 0.2) is 0 Å². The summed E-state index contributed by atoms with van der Waals surface area (Å²) in [6.45, 7) is 7.23. The van der Waals surface area contributed by atoms with E-state index in [1.54, 1.807) is 7.11 Å². The summed E-state index contributed by atoms with van der Waals surface area (Å²) in [7, 11) is 1.70. The van der Waals surface area contributed by atoms with Crippen LogP contribution in [0.4, 0.5) is 0 Å². The molecule has 0 amide bonds. The van der Waals surface area contributed by atoms with Gasteiger partial charge in [-0.2, -0.15) is 0 Å². The predicted molar refractivity (Wildman–Crippen MR) is 82.2 cm³/mol. The van der Waals surface area contributed by atoms with Crippen LogP contribution in [0.2, 0.25) is 0 Å². The Labute approximate surface area is 124 Å². The minimum atomic E-state index is 0.0833. The molecule has 1 fully saturated rings. The van der Waals surface area contributed by atoms with Gasteiger partial charge < -0.3 is 19.5 Å². The SMILES string of the molecule is CCCNCC1(OCCCOCCOC)CCCCC1. The van der Waals surface area contributed by atoms with E-state index >= 15 is 0 Å². The lowest BCUT2D eigenvalue weighted by molar-refractivity contribution is -0.0743. The fourth-order valence-corrected chi connectivity index (χ4v) is 2.76. The van der Waals surface area contributed by atoms with Gasteiger partial charge in [0, 0.05) is 26.9 Å². The van der Waals surface area contributed by atoms with Crippen LogP contribution in [0, 0.1) is 0 Å². The van der Waals surface area contributed by atoms with Gasteiger partial charge in [-0.1, -0.05) is 26.2 Å². The van der Waals surface area contributed by atoms with E-state index in [4.69, 9.17) is 14.2 Å². The minimum Gasteiger partial charge on any atom is -0.382 e. The van der Waals surface area contributed by atoms with Crippen molar-refractivity contribution in [3.63, 3.8) is 0 Å². The van der Waals surface area contributed by atoms with Crippen LogP contribution in [0.3, 0.4) is 0 Å². The van der Waals surface area contributed by atoms with E-state index in [0.29, 0.717) is 13.2 Å². The highest BCUT2D eigenvalue weighted by molar-refractivity contribution is 4.86. The van der Waals surface area contributed by atoms with E-state index in [1.165, 1.54) is 38.5 Å². The molecule has 120 valence electrons. The third-order valence-electron chi connectivity index (χ3n) is 3.91. The number of hydrogen-bond acceptors (Lipinski definition) is 4. The predicted octanol–water partition coefficient (Wildman–Crippen LogP) is 2.76. The Bertz CT molecular complexity index is 218. The van der Waals surface area contributed by atoms with Gasteiger partial charge in [0.1, 0.15) is 0 Å². The molecule has 20 heavy (non-hydrogen) atoms. The molecule has 1 rings (SSSR count). The molecule has 0 aliphatic heterocycles. The first-order valence-electron chi connectivity index (χ1n) is 8.24. The maximum absolute atomic E-state index is 6.25. The van der Waals surface area contributed by atoms with Gasteiger partial charge in [-0.05, 0) is 32.2 Å². The first-order chi connectivity index (χ1) is 9.83. The van der Waals surface area contributed by atoms with Crippen molar-refractivity contribution in [2.45, 2.75) is 57.5 Å². The first kappa shape index (κ1) is 17.9. The van der Waals surface area contributed by atoms with Gasteiger partial charge in [-0.25, -0.2) is 0 Å². The Morgan fingerprint density at radius 2 is 1.80 bits per heavy atom. The van der Waals surface area contributed by atoms with Crippen molar-refractivity contribution < 1.29 is 14.2 Å². The second-order valence-corrected chi connectivity index (χ2v) is 5.73. The van der Waals surface area contributed by atoms with Crippen molar-refractivity contribution in [1.29, 1.82) is 0 Å². The van der Waals surface area contributed by atoms with Crippen molar-refractivity contribution in [1.82, 2.24) is 5.32 Å². The summed E-state index contributed by atoms with van der Waals surface area (Å²) in [4.78, 5) is 0. The topological polar surface area (TPSA) is 39.7 Å². The van der Waals surface area contributed by atoms with E-state index in [-0.39, 0.29) is 5.60 Å². The first-order valence-corrected chi connectivity index (χ1v) is 8.24. The van der Waals surface area contributed by atoms with Crippen molar-refractivity contribution in [2.75, 3.05) is 46.6 Å². The number of methoxy groups -OCH3 is 1. The van der Waals surface area contributed by atoms with Crippen LogP contribution in [0.1, 0.15) is 51.9 Å². The van der Waals surface area contributed by atoms with Gasteiger partial charge in [0.25, 0.3) is 0 Å². The lowest BCUT2D eigenvalue weighted by atomic mass is 9.84. The Kier molecular flexibility index (Phi) is 10.3. The van der Waals surface area contributed by atoms with Gasteiger partial charge in [-0.3, -0.25) is 0 Å². The maximum atomic E-state index is 6.25. The molecule has 1 N–H and O–H groups in total. The molecule has 0 bridgehead atoms. The Morgan fingerprint density at radius 1 is 1.00 bits per heavy atom. The van der Waals surface area contributed by atoms with Gasteiger partial charge in [0.2, 0.25) is 0 Å². The van der Waals surface area contributed by atoms with Crippen LogP contribution >= 0.6 is 0 Å². The number of ether oxygens (including phenoxy) is 3. The van der Waals surface area contributed by atoms with Gasteiger partial charge >= 0.3 is 0 Å². The summed E-state index contributed by atoms with van der Waals surface area (Å²) in [5.74, 6) is 0. The summed E-state index contributed by atoms with van der Waals surface area (Å²) in [5.41, 5.74) is 0.0833. The summed E-state index contributed by atoms with van der Waals surface area (Å²) in [6.07, 6.45) is 8.53. The quantitative estimate of drug-likeness (QED) is 0.560. The molecule has 0 atom stereocenters. The van der Waals surface area contributed by atoms with Crippen molar-refractivity contribution in [2.24, 2.45) is 0 Å². The van der Waals surface area contributed by atoms with E-state index in [1.807, 2.05) is 0 Å². The third-order valence-corrected chi connectivity index (χ3v) is 3.91. The molecular formula is C16H33NO3. The molecule has 4 heteroatoms. The molecule has 4 nitrogen and oxygen atoms in total. The fourth-order valence-electron chi connectivity index (χ4n) is 2.76. The summed E-state index contributed by atoms with van der Waals surface area (Å²) in [6, 6.07) is 0. The van der Waals surface area contributed by atoms with Gasteiger partial charge in [0.15, 0.2) is 0 Å². The van der Waals surface area contributed by atoms with E-state index in [0.717, 1.165) is 32.7 Å². The monoisotopic (exact) mass is 287 g/mol. The van der Waals surface area contributed by atoms with Crippen LogP contribution in [-0.2, 0) is 14.2 Å². The molecule has 1 saturated carbocycles. The molecule has 0 heterocycles.